The van der Waals surface area contributed by atoms with Gasteiger partial charge in [0.1, 0.15) is 11.3 Å². The number of hydrogen-bond donors (Lipinski definition) is 2. The maximum atomic E-state index is 11.6. The molecule has 0 aliphatic rings. The van der Waals surface area contributed by atoms with Gasteiger partial charge in [0.2, 0.25) is 5.95 Å². The van der Waals surface area contributed by atoms with Gasteiger partial charge in [0, 0.05) is 13.1 Å². The second-order valence-electron chi connectivity index (χ2n) is 6.36. The summed E-state index contributed by atoms with van der Waals surface area (Å²) >= 11 is 1.57. The summed E-state index contributed by atoms with van der Waals surface area (Å²) in [5, 5.41) is 7.78. The van der Waals surface area contributed by atoms with Crippen molar-refractivity contribution in [2.24, 2.45) is 0 Å². The number of carbonyl (C=O) groups is 1. The molecular weight excluding hydrogens is 340 g/mol. The number of nitrogens with zero attached hydrogens (tertiary/aromatic N) is 2. The Bertz CT molecular complexity index is 853. The van der Waals surface area contributed by atoms with Gasteiger partial charge in [-0.2, -0.15) is 0 Å². The summed E-state index contributed by atoms with van der Waals surface area (Å²) in [6, 6.07) is 5.64. The van der Waals surface area contributed by atoms with E-state index < -0.39 is 11.7 Å². The molecule has 3 heterocycles. The van der Waals surface area contributed by atoms with E-state index in [0.717, 1.165) is 15.9 Å². The van der Waals surface area contributed by atoms with Crippen molar-refractivity contribution in [3.05, 3.63) is 29.8 Å². The van der Waals surface area contributed by atoms with Crippen LogP contribution >= 0.6 is 11.3 Å². The number of anilines is 1. The first-order valence-corrected chi connectivity index (χ1v) is 8.80. The van der Waals surface area contributed by atoms with Crippen LogP contribution in [0.5, 0.6) is 0 Å². The van der Waals surface area contributed by atoms with E-state index in [0.29, 0.717) is 24.8 Å². The average Bonchev–Trinajstić information content (AvgIpc) is 3.20. The Kier molecular flexibility index (Phi) is 4.89. The number of nitrogens with one attached hydrogen (secondary N) is 2. The van der Waals surface area contributed by atoms with Crippen LogP contribution in [0.15, 0.2) is 34.3 Å². The van der Waals surface area contributed by atoms with Gasteiger partial charge in [-0.25, -0.2) is 14.8 Å². The summed E-state index contributed by atoms with van der Waals surface area (Å²) in [6.45, 7) is 6.35. The zero-order valence-electron chi connectivity index (χ0n) is 14.3. The van der Waals surface area contributed by atoms with Crippen molar-refractivity contribution in [2.75, 3.05) is 18.4 Å². The topological polar surface area (TPSA) is 89.3 Å². The number of alkyl carbamates (subject to hydrolysis) is 1. The predicted octanol–water partition coefficient (Wildman–Crippen LogP) is 3.89. The van der Waals surface area contributed by atoms with Crippen LogP contribution in [-0.4, -0.2) is 34.8 Å². The fourth-order valence-corrected chi connectivity index (χ4v) is 3.00. The second-order valence-corrected chi connectivity index (χ2v) is 7.28. The first-order valence-electron chi connectivity index (χ1n) is 7.92. The highest BCUT2D eigenvalue weighted by Crippen LogP contribution is 2.31. The Balaban J connectivity index is 1.64. The third kappa shape index (κ3) is 4.48. The minimum Gasteiger partial charge on any atom is -0.463 e. The molecule has 0 unspecified atom stereocenters. The van der Waals surface area contributed by atoms with Crippen LogP contribution in [0.1, 0.15) is 20.8 Å². The van der Waals surface area contributed by atoms with E-state index in [-0.39, 0.29) is 0 Å². The predicted molar refractivity (Wildman–Crippen MR) is 97.8 cm³/mol. The third-order valence-corrected chi connectivity index (χ3v) is 4.04. The van der Waals surface area contributed by atoms with E-state index in [1.54, 1.807) is 17.6 Å². The third-order valence-electron chi connectivity index (χ3n) is 3.13. The molecule has 0 radical (unpaired) electrons. The lowest BCUT2D eigenvalue weighted by Gasteiger charge is -2.19. The van der Waals surface area contributed by atoms with E-state index in [9.17, 15) is 4.79 Å². The number of fused-ring (bicyclic) bond motifs is 1. The molecule has 0 aromatic carbocycles. The van der Waals surface area contributed by atoms with E-state index in [1.807, 2.05) is 44.4 Å². The van der Waals surface area contributed by atoms with Gasteiger partial charge in [-0.3, -0.25) is 0 Å². The van der Waals surface area contributed by atoms with Gasteiger partial charge < -0.3 is 19.8 Å². The van der Waals surface area contributed by atoms with Crippen molar-refractivity contribution in [3.8, 4) is 11.5 Å². The van der Waals surface area contributed by atoms with Gasteiger partial charge in [-0.1, -0.05) is 0 Å². The summed E-state index contributed by atoms with van der Waals surface area (Å²) in [5.74, 6) is 1.19. The first-order chi connectivity index (χ1) is 11.9. The number of aromatic nitrogens is 2. The van der Waals surface area contributed by atoms with Crippen molar-refractivity contribution in [1.82, 2.24) is 15.3 Å². The number of furan rings is 1. The fraction of sp³-hybridized carbons (Fsp3) is 0.353. The van der Waals surface area contributed by atoms with Crippen molar-refractivity contribution >= 4 is 33.6 Å². The smallest absolute Gasteiger partial charge is 0.407 e. The number of carbonyl (C=O) groups excluding carboxylic acids is 1. The molecule has 1 amide bonds. The van der Waals surface area contributed by atoms with Crippen LogP contribution in [0.3, 0.4) is 0 Å². The molecular formula is C17H20N4O3S. The Morgan fingerprint density at radius 3 is 2.84 bits per heavy atom. The number of hydrogen-bond acceptors (Lipinski definition) is 7. The molecule has 0 saturated carbocycles. The van der Waals surface area contributed by atoms with E-state index in [4.69, 9.17) is 9.15 Å². The number of ether oxygens (including phenoxy) is 1. The summed E-state index contributed by atoms with van der Waals surface area (Å²) < 4.78 is 11.6. The monoisotopic (exact) mass is 360 g/mol. The molecule has 0 spiro atoms. The van der Waals surface area contributed by atoms with Gasteiger partial charge in [0.05, 0.1) is 16.5 Å². The average molecular weight is 360 g/mol. The van der Waals surface area contributed by atoms with Gasteiger partial charge >= 0.3 is 6.09 Å². The number of rotatable bonds is 5. The van der Waals surface area contributed by atoms with Gasteiger partial charge in [0.15, 0.2) is 5.76 Å². The Morgan fingerprint density at radius 2 is 2.12 bits per heavy atom. The molecule has 0 fully saturated rings. The lowest BCUT2D eigenvalue weighted by Crippen LogP contribution is -2.35. The maximum absolute atomic E-state index is 11.6. The second kappa shape index (κ2) is 7.10. The largest absolute Gasteiger partial charge is 0.463 e. The molecule has 0 saturated heterocycles. The highest BCUT2D eigenvalue weighted by Gasteiger charge is 2.16. The van der Waals surface area contributed by atoms with Gasteiger partial charge in [-0.05, 0) is 44.4 Å². The molecule has 0 aliphatic heterocycles. The van der Waals surface area contributed by atoms with Crippen molar-refractivity contribution in [1.29, 1.82) is 0 Å². The van der Waals surface area contributed by atoms with Crippen LogP contribution in [0.25, 0.3) is 21.7 Å². The highest BCUT2D eigenvalue weighted by molar-refractivity contribution is 7.17. The van der Waals surface area contributed by atoms with Crippen molar-refractivity contribution < 1.29 is 13.9 Å². The molecule has 132 valence electrons. The quantitative estimate of drug-likeness (QED) is 0.671. The fourth-order valence-electron chi connectivity index (χ4n) is 2.18. The summed E-state index contributed by atoms with van der Waals surface area (Å²) in [4.78, 5) is 20.6. The molecule has 3 aromatic heterocycles. The molecule has 3 aromatic rings. The molecule has 25 heavy (non-hydrogen) atoms. The van der Waals surface area contributed by atoms with Crippen molar-refractivity contribution in [2.45, 2.75) is 26.4 Å². The maximum Gasteiger partial charge on any atom is 0.407 e. The Labute approximate surface area is 149 Å². The highest BCUT2D eigenvalue weighted by atomic mass is 32.1. The first kappa shape index (κ1) is 17.2. The zero-order chi connectivity index (χ0) is 17.9. The van der Waals surface area contributed by atoms with Crippen LogP contribution in [0.2, 0.25) is 0 Å². The van der Waals surface area contributed by atoms with Crippen LogP contribution < -0.4 is 10.6 Å². The van der Waals surface area contributed by atoms with Crippen LogP contribution in [-0.2, 0) is 4.74 Å². The molecule has 0 atom stereocenters. The van der Waals surface area contributed by atoms with Crippen LogP contribution in [0, 0.1) is 0 Å². The lowest BCUT2D eigenvalue weighted by atomic mass is 10.2. The van der Waals surface area contributed by atoms with Gasteiger partial charge in [-0.15, -0.1) is 11.3 Å². The molecule has 7 nitrogen and oxygen atoms in total. The van der Waals surface area contributed by atoms with E-state index in [1.165, 1.54) is 0 Å². The number of amides is 1. The minimum atomic E-state index is -0.511. The molecule has 0 aliphatic carbocycles. The summed E-state index contributed by atoms with van der Waals surface area (Å²) in [7, 11) is 0. The molecule has 0 bridgehead atoms. The lowest BCUT2D eigenvalue weighted by molar-refractivity contribution is 0.0530. The van der Waals surface area contributed by atoms with Crippen LogP contribution in [0.4, 0.5) is 10.7 Å². The van der Waals surface area contributed by atoms with Crippen molar-refractivity contribution in [3.63, 3.8) is 0 Å². The normalized spacial score (nSPS) is 11.5. The molecule has 8 heteroatoms. The SMILES string of the molecule is CC(C)(C)OC(=O)NCCNc1nc(-c2ccco2)c2sccc2n1. The van der Waals surface area contributed by atoms with E-state index >= 15 is 0 Å². The molecule has 2 N–H and O–H groups in total. The van der Waals surface area contributed by atoms with E-state index in [2.05, 4.69) is 20.6 Å². The summed E-state index contributed by atoms with van der Waals surface area (Å²) in [5.41, 5.74) is 1.10. The summed E-state index contributed by atoms with van der Waals surface area (Å²) in [6.07, 6.45) is 1.18. The molecule has 3 rings (SSSR count). The Morgan fingerprint density at radius 1 is 1.28 bits per heavy atom. The zero-order valence-corrected chi connectivity index (χ0v) is 15.1. The van der Waals surface area contributed by atoms with Gasteiger partial charge in [0.25, 0.3) is 0 Å². The minimum absolute atomic E-state index is 0.399. The standard InChI is InChI=1S/C17H20N4O3S/c1-17(2,3)24-16(22)19-8-7-18-15-20-11-6-10-25-14(11)13(21-15)12-5-4-9-23-12/h4-6,9-10H,7-8H2,1-3H3,(H,19,22)(H,18,20,21). The number of thiophene rings is 1. The Hall–Kier alpha value is -2.61.